The highest BCUT2D eigenvalue weighted by atomic mass is 17.1. The second kappa shape index (κ2) is 3.39. The minimum absolute atomic E-state index is 0.0467. The molecule has 9 heteroatoms. The maximum atomic E-state index is 9.94. The molecule has 9 nitrogen and oxygen atoms in total. The summed E-state index contributed by atoms with van der Waals surface area (Å²) in [5, 5.41) is 17.5. The fourth-order valence-electron chi connectivity index (χ4n) is 0.976. The van der Waals surface area contributed by atoms with Gasteiger partial charge in [0.25, 0.3) is 10.2 Å². The molecular formula is C4H6N2O7. The maximum Gasteiger partial charge on any atom is 0.366 e. The average molecular weight is 194 g/mol. The SMILES string of the molecule is O=[N+]([O-])OC1(O[N+](=O)[O-])CCCO1. The van der Waals surface area contributed by atoms with Crippen LogP contribution in [0, 0.1) is 20.2 Å². The molecule has 0 N–H and O–H groups in total. The molecule has 0 aliphatic carbocycles. The lowest BCUT2D eigenvalue weighted by molar-refractivity contribution is -0.892. The van der Waals surface area contributed by atoms with Crippen LogP contribution in [0.5, 0.6) is 0 Å². The van der Waals surface area contributed by atoms with Crippen LogP contribution in [-0.2, 0) is 14.4 Å². The van der Waals surface area contributed by atoms with Crippen LogP contribution in [0.15, 0.2) is 0 Å². The zero-order valence-corrected chi connectivity index (χ0v) is 6.37. The summed E-state index contributed by atoms with van der Waals surface area (Å²) in [6.45, 7) is 0.127. The van der Waals surface area contributed by atoms with Crippen molar-refractivity contribution in [2.45, 2.75) is 18.8 Å². The fraction of sp³-hybridized carbons (Fsp3) is 1.00. The summed E-state index contributed by atoms with van der Waals surface area (Å²) in [4.78, 5) is 27.8. The molecule has 1 rings (SSSR count). The monoisotopic (exact) mass is 194 g/mol. The van der Waals surface area contributed by atoms with Crippen LogP contribution in [0.25, 0.3) is 0 Å². The zero-order chi connectivity index (χ0) is 9.90. The van der Waals surface area contributed by atoms with E-state index in [4.69, 9.17) is 0 Å². The van der Waals surface area contributed by atoms with E-state index in [-0.39, 0.29) is 13.0 Å². The van der Waals surface area contributed by atoms with Crippen LogP contribution < -0.4 is 0 Å². The predicted octanol–water partition coefficient (Wildman–Crippen LogP) is -0.133. The van der Waals surface area contributed by atoms with Gasteiger partial charge in [-0.3, -0.25) is 0 Å². The largest absolute Gasteiger partial charge is 0.366 e. The molecule has 0 aromatic carbocycles. The van der Waals surface area contributed by atoms with Crippen molar-refractivity contribution in [1.82, 2.24) is 0 Å². The fourth-order valence-corrected chi connectivity index (χ4v) is 0.976. The molecule has 0 saturated carbocycles. The van der Waals surface area contributed by atoms with Gasteiger partial charge >= 0.3 is 5.97 Å². The third-order valence-electron chi connectivity index (χ3n) is 1.38. The van der Waals surface area contributed by atoms with E-state index >= 15 is 0 Å². The average Bonchev–Trinajstić information content (AvgIpc) is 2.33. The molecule has 0 atom stereocenters. The van der Waals surface area contributed by atoms with Gasteiger partial charge in [0.1, 0.15) is 0 Å². The summed E-state index contributed by atoms with van der Waals surface area (Å²) in [5.74, 6) is -2.16. The van der Waals surface area contributed by atoms with E-state index in [2.05, 4.69) is 14.4 Å². The van der Waals surface area contributed by atoms with Crippen molar-refractivity contribution in [2.24, 2.45) is 0 Å². The minimum Gasteiger partial charge on any atom is -0.330 e. The minimum atomic E-state index is -2.16. The Morgan fingerprint density at radius 1 is 1.23 bits per heavy atom. The van der Waals surface area contributed by atoms with E-state index in [1.807, 2.05) is 0 Å². The van der Waals surface area contributed by atoms with Gasteiger partial charge in [-0.25, -0.2) is 9.68 Å². The predicted molar refractivity (Wildman–Crippen MR) is 34.1 cm³/mol. The molecule has 1 saturated heterocycles. The number of rotatable bonds is 4. The van der Waals surface area contributed by atoms with Crippen molar-refractivity contribution in [3.63, 3.8) is 0 Å². The Hall–Kier alpha value is -1.64. The molecule has 74 valence electrons. The number of ether oxygens (including phenoxy) is 1. The second-order valence-electron chi connectivity index (χ2n) is 2.26. The Bertz CT molecular complexity index is 205. The summed E-state index contributed by atoms with van der Waals surface area (Å²) in [5.41, 5.74) is 0. The lowest BCUT2D eigenvalue weighted by Crippen LogP contribution is -2.39. The lowest BCUT2D eigenvalue weighted by atomic mass is 10.3. The van der Waals surface area contributed by atoms with E-state index in [0.717, 1.165) is 0 Å². The molecule has 0 aromatic heterocycles. The quantitative estimate of drug-likeness (QED) is 0.347. The van der Waals surface area contributed by atoms with Crippen molar-refractivity contribution in [3.05, 3.63) is 20.2 Å². The van der Waals surface area contributed by atoms with E-state index in [1.54, 1.807) is 0 Å². The molecule has 1 fully saturated rings. The maximum absolute atomic E-state index is 9.94. The van der Waals surface area contributed by atoms with E-state index < -0.39 is 16.1 Å². The van der Waals surface area contributed by atoms with E-state index in [9.17, 15) is 20.2 Å². The van der Waals surface area contributed by atoms with Crippen LogP contribution in [0.2, 0.25) is 0 Å². The van der Waals surface area contributed by atoms with Gasteiger partial charge in [0.15, 0.2) is 0 Å². The zero-order valence-electron chi connectivity index (χ0n) is 6.37. The standard InChI is InChI=1S/C4H6N2O7/c7-5(8)12-4(13-6(9)10)2-1-3-11-4/h1-3H2. The Morgan fingerprint density at radius 2 is 1.77 bits per heavy atom. The van der Waals surface area contributed by atoms with Crippen LogP contribution in [0.1, 0.15) is 12.8 Å². The summed E-state index contributed by atoms with van der Waals surface area (Å²) in [6.07, 6.45) is 0.358. The van der Waals surface area contributed by atoms with Crippen LogP contribution in [0.3, 0.4) is 0 Å². The smallest absolute Gasteiger partial charge is 0.330 e. The summed E-state index contributed by atoms with van der Waals surface area (Å²) in [6, 6.07) is 0. The lowest BCUT2D eigenvalue weighted by Gasteiger charge is -2.21. The first-order valence-electron chi connectivity index (χ1n) is 3.35. The molecule has 0 spiro atoms. The number of nitrogens with zero attached hydrogens (tertiary/aromatic N) is 2. The third-order valence-corrected chi connectivity index (χ3v) is 1.38. The molecule has 0 amide bonds. The van der Waals surface area contributed by atoms with Gasteiger partial charge in [-0.2, -0.15) is 0 Å². The normalized spacial score (nSPS) is 19.4. The van der Waals surface area contributed by atoms with Gasteiger partial charge in [0.05, 0.1) is 6.61 Å². The first-order chi connectivity index (χ1) is 6.04. The van der Waals surface area contributed by atoms with Crippen molar-refractivity contribution >= 4 is 0 Å². The number of hydrogen-bond acceptors (Lipinski definition) is 7. The van der Waals surface area contributed by atoms with Gasteiger partial charge in [-0.1, -0.05) is 0 Å². The Labute approximate surface area is 71.4 Å². The van der Waals surface area contributed by atoms with Gasteiger partial charge in [-0.15, -0.1) is 20.2 Å². The summed E-state index contributed by atoms with van der Waals surface area (Å²) >= 11 is 0. The Balaban J connectivity index is 2.62. The van der Waals surface area contributed by atoms with Gasteiger partial charge in [0, 0.05) is 6.42 Å². The van der Waals surface area contributed by atoms with Crippen LogP contribution >= 0.6 is 0 Å². The van der Waals surface area contributed by atoms with Crippen LogP contribution in [0.4, 0.5) is 0 Å². The first kappa shape index (κ1) is 9.45. The molecule has 1 aliphatic heterocycles. The van der Waals surface area contributed by atoms with E-state index in [1.165, 1.54) is 0 Å². The highest BCUT2D eigenvalue weighted by molar-refractivity contribution is 4.61. The molecule has 1 heterocycles. The summed E-state index contributed by atoms with van der Waals surface area (Å²) in [7, 11) is 0. The topological polar surface area (TPSA) is 114 Å². The van der Waals surface area contributed by atoms with Crippen molar-refractivity contribution in [3.8, 4) is 0 Å². The molecular weight excluding hydrogens is 188 g/mol. The Kier molecular flexibility index (Phi) is 2.46. The van der Waals surface area contributed by atoms with Gasteiger partial charge in [-0.05, 0) is 6.42 Å². The number of hydrogen-bond donors (Lipinski definition) is 0. The molecule has 13 heavy (non-hydrogen) atoms. The molecule has 0 unspecified atom stereocenters. The molecule has 1 aliphatic rings. The van der Waals surface area contributed by atoms with Crippen molar-refractivity contribution < 1.29 is 24.6 Å². The molecule has 0 bridgehead atoms. The Morgan fingerprint density at radius 3 is 2.08 bits per heavy atom. The molecule has 0 radical (unpaired) electrons. The highest BCUT2D eigenvalue weighted by Crippen LogP contribution is 2.28. The van der Waals surface area contributed by atoms with Crippen molar-refractivity contribution in [1.29, 1.82) is 0 Å². The first-order valence-corrected chi connectivity index (χ1v) is 3.35. The van der Waals surface area contributed by atoms with Crippen molar-refractivity contribution in [2.75, 3.05) is 6.61 Å². The van der Waals surface area contributed by atoms with Crippen LogP contribution in [-0.4, -0.2) is 22.8 Å². The second-order valence-corrected chi connectivity index (χ2v) is 2.26. The summed E-state index contributed by atoms with van der Waals surface area (Å²) < 4.78 is 4.63. The highest BCUT2D eigenvalue weighted by Gasteiger charge is 2.43. The van der Waals surface area contributed by atoms with Gasteiger partial charge < -0.3 is 4.74 Å². The van der Waals surface area contributed by atoms with Gasteiger partial charge in [0.2, 0.25) is 0 Å². The van der Waals surface area contributed by atoms with E-state index in [0.29, 0.717) is 6.42 Å². The third kappa shape index (κ3) is 2.40. The molecule has 0 aromatic rings.